The molecule has 5 nitrogen and oxygen atoms in total. The molecule has 0 saturated heterocycles. The number of hydrogen-bond acceptors (Lipinski definition) is 4. The third-order valence-electron chi connectivity index (χ3n) is 3.30. The van der Waals surface area contributed by atoms with Crippen molar-refractivity contribution in [1.29, 1.82) is 0 Å². The van der Waals surface area contributed by atoms with Crippen LogP contribution in [0.3, 0.4) is 0 Å². The highest BCUT2D eigenvalue weighted by Crippen LogP contribution is 2.23. The molecule has 0 aromatic carbocycles. The Kier molecular flexibility index (Phi) is 7.34. The van der Waals surface area contributed by atoms with Gasteiger partial charge in [0.05, 0.1) is 16.9 Å². The number of aliphatic carboxylic acids is 1. The van der Waals surface area contributed by atoms with E-state index < -0.39 is 12.0 Å². The molecule has 0 bridgehead atoms. The lowest BCUT2D eigenvalue weighted by molar-refractivity contribution is -0.144. The number of halogens is 1. The Bertz CT molecular complexity index is 492. The van der Waals surface area contributed by atoms with E-state index >= 15 is 0 Å². The van der Waals surface area contributed by atoms with Gasteiger partial charge in [0, 0.05) is 11.4 Å². The minimum absolute atomic E-state index is 0.0516. The number of likely N-dealkylation sites (N-methyl/N-ethyl adjacent to an activating group) is 2. The van der Waals surface area contributed by atoms with Crippen LogP contribution in [0, 0.1) is 0 Å². The van der Waals surface area contributed by atoms with Gasteiger partial charge in [-0.25, -0.2) is 0 Å². The number of carboxylic acids is 1. The van der Waals surface area contributed by atoms with Crippen LogP contribution in [0.2, 0.25) is 0 Å². The summed E-state index contributed by atoms with van der Waals surface area (Å²) in [6.45, 7) is 5.01. The number of carbonyl (C=O) groups is 2. The van der Waals surface area contributed by atoms with Gasteiger partial charge in [-0.05, 0) is 48.5 Å². The number of carboxylic acid groups (broad SMARTS) is 1. The lowest BCUT2D eigenvalue weighted by Gasteiger charge is -2.27. The van der Waals surface area contributed by atoms with Crippen molar-refractivity contribution in [2.24, 2.45) is 0 Å². The van der Waals surface area contributed by atoms with Crippen molar-refractivity contribution in [2.45, 2.75) is 32.9 Å². The van der Waals surface area contributed by atoms with Crippen LogP contribution in [-0.2, 0) is 16.1 Å². The van der Waals surface area contributed by atoms with Gasteiger partial charge < -0.3 is 10.0 Å². The van der Waals surface area contributed by atoms with Gasteiger partial charge >= 0.3 is 5.97 Å². The first-order valence-corrected chi connectivity index (χ1v) is 8.45. The second-order valence-corrected chi connectivity index (χ2v) is 7.34. The molecule has 118 valence electrons. The van der Waals surface area contributed by atoms with Gasteiger partial charge in [0.2, 0.25) is 5.91 Å². The van der Waals surface area contributed by atoms with Crippen molar-refractivity contribution in [3.8, 4) is 0 Å². The molecule has 0 saturated carbocycles. The van der Waals surface area contributed by atoms with Crippen molar-refractivity contribution in [1.82, 2.24) is 9.80 Å². The molecule has 1 atom stereocenters. The smallest absolute Gasteiger partial charge is 0.320 e. The summed E-state index contributed by atoms with van der Waals surface area (Å²) >= 11 is 5.01. The first-order chi connectivity index (χ1) is 9.88. The maximum absolute atomic E-state index is 12.3. The fourth-order valence-corrected chi connectivity index (χ4v) is 3.60. The minimum Gasteiger partial charge on any atom is -0.480 e. The fraction of sp³-hybridized carbons (Fsp3) is 0.571. The first-order valence-electron chi connectivity index (χ1n) is 6.84. The number of thiophene rings is 1. The fourth-order valence-electron chi connectivity index (χ4n) is 2.10. The molecule has 1 heterocycles. The monoisotopic (exact) mass is 376 g/mol. The molecule has 0 aliphatic rings. The molecule has 1 amide bonds. The standard InChI is InChI=1S/C14H21BrN2O3S/c1-4-11(14(19)20)16(3)9-13(18)17(5-2)8-10-6-7-12(15)21-10/h6-7,11H,4-5,8-9H2,1-3H3,(H,19,20). The second-order valence-electron chi connectivity index (χ2n) is 4.79. The van der Waals surface area contributed by atoms with Crippen LogP contribution < -0.4 is 0 Å². The SMILES string of the molecule is CCC(C(=O)O)N(C)CC(=O)N(CC)Cc1ccc(Br)s1. The number of carbonyl (C=O) groups excluding carboxylic acids is 1. The Morgan fingerprint density at radius 3 is 2.48 bits per heavy atom. The highest BCUT2D eigenvalue weighted by Gasteiger charge is 2.24. The zero-order valence-electron chi connectivity index (χ0n) is 12.5. The molecule has 0 aliphatic carbocycles. The van der Waals surface area contributed by atoms with Gasteiger partial charge in [-0.15, -0.1) is 11.3 Å². The van der Waals surface area contributed by atoms with Crippen LogP contribution in [0.25, 0.3) is 0 Å². The quantitative estimate of drug-likeness (QED) is 0.757. The summed E-state index contributed by atoms with van der Waals surface area (Å²) in [4.78, 5) is 27.9. The molecule has 0 radical (unpaired) electrons. The third kappa shape index (κ3) is 5.41. The van der Waals surface area contributed by atoms with Crippen LogP contribution in [0.5, 0.6) is 0 Å². The summed E-state index contributed by atoms with van der Waals surface area (Å²) in [6, 6.07) is 3.33. The van der Waals surface area contributed by atoms with Crippen LogP contribution >= 0.6 is 27.3 Å². The molecule has 21 heavy (non-hydrogen) atoms. The van der Waals surface area contributed by atoms with Gasteiger partial charge in [0.1, 0.15) is 6.04 Å². The highest BCUT2D eigenvalue weighted by molar-refractivity contribution is 9.11. The highest BCUT2D eigenvalue weighted by atomic mass is 79.9. The van der Waals surface area contributed by atoms with Gasteiger partial charge in [-0.2, -0.15) is 0 Å². The topological polar surface area (TPSA) is 60.9 Å². The molecule has 1 aromatic rings. The third-order valence-corrected chi connectivity index (χ3v) is 4.91. The normalized spacial score (nSPS) is 12.4. The second kappa shape index (κ2) is 8.51. The molecule has 0 fully saturated rings. The van der Waals surface area contributed by atoms with E-state index in [1.165, 1.54) is 0 Å². The number of amides is 1. The van der Waals surface area contributed by atoms with Crippen molar-refractivity contribution in [2.75, 3.05) is 20.1 Å². The van der Waals surface area contributed by atoms with Crippen molar-refractivity contribution >= 4 is 39.1 Å². The molecule has 7 heteroatoms. The van der Waals surface area contributed by atoms with E-state index in [2.05, 4.69) is 15.9 Å². The van der Waals surface area contributed by atoms with E-state index in [0.29, 0.717) is 19.5 Å². The van der Waals surface area contributed by atoms with Gasteiger partial charge in [0.25, 0.3) is 0 Å². The Morgan fingerprint density at radius 2 is 2.05 bits per heavy atom. The first kappa shape index (κ1) is 18.1. The van der Waals surface area contributed by atoms with Gasteiger partial charge in [-0.1, -0.05) is 6.92 Å². The lowest BCUT2D eigenvalue weighted by Crippen LogP contribution is -2.45. The summed E-state index contributed by atoms with van der Waals surface area (Å²) in [5, 5.41) is 9.12. The van der Waals surface area contributed by atoms with Gasteiger partial charge in [0.15, 0.2) is 0 Å². The Morgan fingerprint density at radius 1 is 1.38 bits per heavy atom. The van der Waals surface area contributed by atoms with Crippen LogP contribution in [0.1, 0.15) is 25.1 Å². The Hall–Kier alpha value is -0.920. The van der Waals surface area contributed by atoms with E-state index in [-0.39, 0.29) is 12.5 Å². The number of rotatable bonds is 8. The average Bonchev–Trinajstić information content (AvgIpc) is 2.81. The molecular weight excluding hydrogens is 356 g/mol. The lowest BCUT2D eigenvalue weighted by atomic mass is 10.2. The van der Waals surface area contributed by atoms with E-state index in [1.54, 1.807) is 35.1 Å². The average molecular weight is 377 g/mol. The predicted octanol–water partition coefficient (Wildman–Crippen LogP) is 2.65. The summed E-state index contributed by atoms with van der Waals surface area (Å²) < 4.78 is 1.04. The van der Waals surface area contributed by atoms with E-state index in [0.717, 1.165) is 8.66 Å². The van der Waals surface area contributed by atoms with Crippen LogP contribution in [0.15, 0.2) is 15.9 Å². The van der Waals surface area contributed by atoms with Crippen molar-refractivity contribution in [3.63, 3.8) is 0 Å². The van der Waals surface area contributed by atoms with E-state index in [4.69, 9.17) is 5.11 Å². The molecule has 0 aliphatic heterocycles. The molecular formula is C14H21BrN2O3S. The van der Waals surface area contributed by atoms with Gasteiger partial charge in [-0.3, -0.25) is 14.5 Å². The minimum atomic E-state index is -0.891. The van der Waals surface area contributed by atoms with Crippen molar-refractivity contribution in [3.05, 3.63) is 20.8 Å². The Labute approximate surface area is 137 Å². The summed E-state index contributed by atoms with van der Waals surface area (Å²) in [6.07, 6.45) is 0.475. The van der Waals surface area contributed by atoms with Crippen LogP contribution in [-0.4, -0.2) is 53.0 Å². The van der Waals surface area contributed by atoms with Crippen LogP contribution in [0.4, 0.5) is 0 Å². The molecule has 1 N–H and O–H groups in total. The summed E-state index contributed by atoms with van der Waals surface area (Å²) in [5.74, 6) is -0.942. The number of nitrogens with zero attached hydrogens (tertiary/aromatic N) is 2. The summed E-state index contributed by atoms with van der Waals surface area (Å²) in [5.41, 5.74) is 0. The molecule has 0 spiro atoms. The maximum Gasteiger partial charge on any atom is 0.320 e. The predicted molar refractivity (Wildman–Crippen MR) is 87.5 cm³/mol. The largest absolute Gasteiger partial charge is 0.480 e. The summed E-state index contributed by atoms with van der Waals surface area (Å²) in [7, 11) is 1.68. The zero-order valence-corrected chi connectivity index (χ0v) is 14.9. The van der Waals surface area contributed by atoms with Crippen molar-refractivity contribution < 1.29 is 14.7 Å². The molecule has 1 aromatic heterocycles. The maximum atomic E-state index is 12.3. The number of hydrogen-bond donors (Lipinski definition) is 1. The zero-order chi connectivity index (χ0) is 16.0. The van der Waals surface area contributed by atoms with E-state index in [9.17, 15) is 9.59 Å². The van der Waals surface area contributed by atoms with E-state index in [1.807, 2.05) is 19.1 Å². The molecule has 1 rings (SSSR count). The molecule has 1 unspecified atom stereocenters. The Balaban J connectivity index is 2.64.